The van der Waals surface area contributed by atoms with Crippen LogP contribution in [-0.4, -0.2) is 72.6 Å². The maximum atomic E-state index is 11.4. The van der Waals surface area contributed by atoms with Crippen LogP contribution >= 0.6 is 0 Å². The van der Waals surface area contributed by atoms with Gasteiger partial charge >= 0.3 is 0 Å². The van der Waals surface area contributed by atoms with E-state index >= 15 is 0 Å². The molecule has 1 aromatic carbocycles. The Bertz CT molecular complexity index is 777. The Morgan fingerprint density at radius 1 is 0.939 bits per heavy atom. The Labute approximate surface area is 199 Å². The molecule has 0 amide bonds. The minimum atomic E-state index is 0.0752. The molecule has 3 aliphatic rings. The number of phenolic OH excluding ortho intramolecular Hbond substituents is 2. The van der Waals surface area contributed by atoms with E-state index in [1.807, 2.05) is 6.92 Å². The molecule has 2 fully saturated rings. The van der Waals surface area contributed by atoms with E-state index in [9.17, 15) is 10.2 Å². The summed E-state index contributed by atoms with van der Waals surface area (Å²) in [4.78, 5) is 4.68. The second-order valence-electron chi connectivity index (χ2n) is 9.39. The van der Waals surface area contributed by atoms with E-state index in [4.69, 9.17) is 9.47 Å². The van der Waals surface area contributed by atoms with E-state index in [2.05, 4.69) is 36.3 Å². The molecular weight excluding hydrogens is 416 g/mol. The van der Waals surface area contributed by atoms with Crippen molar-refractivity contribution in [2.24, 2.45) is 0 Å². The van der Waals surface area contributed by atoms with Crippen molar-refractivity contribution in [1.29, 1.82) is 0 Å². The van der Waals surface area contributed by atoms with Gasteiger partial charge in [0.15, 0.2) is 0 Å². The normalized spacial score (nSPS) is 22.3. The van der Waals surface area contributed by atoms with Gasteiger partial charge in [0, 0.05) is 61.9 Å². The van der Waals surface area contributed by atoms with Gasteiger partial charge in [0.1, 0.15) is 11.5 Å². The number of benzene rings is 1. The van der Waals surface area contributed by atoms with Gasteiger partial charge in [0.05, 0.1) is 26.4 Å². The fraction of sp³-hybridized carbons (Fsp3) is 0.630. The van der Waals surface area contributed by atoms with Crippen molar-refractivity contribution in [3.8, 4) is 11.5 Å². The molecule has 0 aromatic heterocycles. The van der Waals surface area contributed by atoms with E-state index in [1.165, 1.54) is 5.57 Å². The first-order valence-corrected chi connectivity index (χ1v) is 12.4. The molecule has 184 valence electrons. The Balaban J connectivity index is 0.000000968. The quantitative estimate of drug-likeness (QED) is 0.635. The summed E-state index contributed by atoms with van der Waals surface area (Å²) in [6.45, 7) is 17.3. The summed E-state index contributed by atoms with van der Waals surface area (Å²) in [7, 11) is 0. The van der Waals surface area contributed by atoms with Crippen molar-refractivity contribution in [2.45, 2.75) is 59.0 Å². The zero-order valence-electron chi connectivity index (χ0n) is 20.7. The summed E-state index contributed by atoms with van der Waals surface area (Å²) in [5, 5.41) is 22.7. The van der Waals surface area contributed by atoms with Crippen molar-refractivity contribution in [3.63, 3.8) is 0 Å². The van der Waals surface area contributed by atoms with Crippen molar-refractivity contribution >= 4 is 0 Å². The minimum absolute atomic E-state index is 0.0752. The minimum Gasteiger partial charge on any atom is -0.507 e. The first kappa shape index (κ1) is 25.8. The van der Waals surface area contributed by atoms with Crippen molar-refractivity contribution < 1.29 is 19.7 Å². The largest absolute Gasteiger partial charge is 0.507 e. The number of hydrogen-bond acceptors (Lipinski definition) is 6. The Hall–Kier alpha value is -1.86. The standard InChI is InChI=1S/C24H36N2O4.C3H6/c1-17-4-3-5-19(14-17)22-23(27)20(15-25-6-10-29-11-7-25)18(2)21(24(22)28)16-26-8-12-30-13-9-26;1-3-2/h14,19,27-28H,3-13,15-16H2,1-2H3;3H,1H2,2H3. The molecule has 6 nitrogen and oxygen atoms in total. The molecule has 2 saturated heterocycles. The van der Waals surface area contributed by atoms with Crippen LogP contribution < -0.4 is 0 Å². The number of morpholine rings is 2. The molecule has 0 spiro atoms. The van der Waals surface area contributed by atoms with Gasteiger partial charge in [-0.05, 0) is 45.6 Å². The average molecular weight is 459 g/mol. The Morgan fingerprint density at radius 3 is 1.82 bits per heavy atom. The van der Waals surface area contributed by atoms with Gasteiger partial charge in [-0.15, -0.1) is 6.58 Å². The van der Waals surface area contributed by atoms with Crippen LogP contribution in [0.1, 0.15) is 61.3 Å². The number of aromatic hydroxyl groups is 2. The average Bonchev–Trinajstić information content (AvgIpc) is 2.82. The van der Waals surface area contributed by atoms with Crippen molar-refractivity contribution in [2.75, 3.05) is 52.6 Å². The van der Waals surface area contributed by atoms with Crippen LogP contribution in [0.15, 0.2) is 24.3 Å². The van der Waals surface area contributed by atoms with Gasteiger partial charge < -0.3 is 19.7 Å². The zero-order valence-corrected chi connectivity index (χ0v) is 20.7. The van der Waals surface area contributed by atoms with E-state index < -0.39 is 0 Å². The topological polar surface area (TPSA) is 65.4 Å². The molecule has 1 aliphatic carbocycles. The summed E-state index contributed by atoms with van der Waals surface area (Å²) in [6, 6.07) is 0. The van der Waals surface area contributed by atoms with Gasteiger partial charge in [0.25, 0.3) is 0 Å². The zero-order chi connectivity index (χ0) is 23.8. The summed E-state index contributed by atoms with van der Waals surface area (Å²) in [6.07, 6.45) is 7.16. The lowest BCUT2D eigenvalue weighted by atomic mass is 9.82. The third-order valence-electron chi connectivity index (χ3n) is 6.90. The molecule has 1 atom stereocenters. The van der Waals surface area contributed by atoms with E-state index in [0.29, 0.717) is 13.1 Å². The molecule has 2 aliphatic heterocycles. The van der Waals surface area contributed by atoms with Crippen molar-refractivity contribution in [3.05, 3.63) is 46.6 Å². The van der Waals surface area contributed by atoms with E-state index in [1.54, 1.807) is 6.08 Å². The lowest BCUT2D eigenvalue weighted by Gasteiger charge is -2.32. The number of ether oxygens (including phenoxy) is 2. The third kappa shape index (κ3) is 6.60. The predicted octanol–water partition coefficient (Wildman–Crippen LogP) is 4.48. The lowest BCUT2D eigenvalue weighted by molar-refractivity contribution is 0.0327. The number of allylic oxidation sites excluding steroid dienone is 3. The van der Waals surface area contributed by atoms with Gasteiger partial charge in [0.2, 0.25) is 0 Å². The van der Waals surface area contributed by atoms with Crippen LogP contribution in [0.5, 0.6) is 11.5 Å². The molecule has 33 heavy (non-hydrogen) atoms. The Morgan fingerprint density at radius 2 is 1.39 bits per heavy atom. The molecule has 2 heterocycles. The fourth-order valence-corrected chi connectivity index (χ4v) is 5.02. The second-order valence-corrected chi connectivity index (χ2v) is 9.39. The second kappa shape index (κ2) is 12.6. The lowest BCUT2D eigenvalue weighted by Crippen LogP contribution is -2.37. The number of phenols is 2. The summed E-state index contributed by atoms with van der Waals surface area (Å²) in [5.41, 5.74) is 5.01. The molecule has 0 saturated carbocycles. The molecule has 6 heteroatoms. The van der Waals surface area contributed by atoms with Gasteiger partial charge in [-0.3, -0.25) is 9.80 Å². The van der Waals surface area contributed by atoms with E-state index in [0.717, 1.165) is 94.1 Å². The maximum absolute atomic E-state index is 11.4. The van der Waals surface area contributed by atoms with Gasteiger partial charge in [-0.1, -0.05) is 17.7 Å². The molecule has 4 rings (SSSR count). The number of hydrogen-bond donors (Lipinski definition) is 2. The summed E-state index contributed by atoms with van der Waals surface area (Å²) < 4.78 is 11.0. The SMILES string of the molecule is C=CC.CC1=CC(c2c(O)c(CN3CCOCC3)c(C)c(CN3CCOCC3)c2O)CCC1. The molecule has 1 aromatic rings. The maximum Gasteiger partial charge on any atom is 0.127 e. The third-order valence-corrected chi connectivity index (χ3v) is 6.90. The van der Waals surface area contributed by atoms with Crippen LogP contribution in [0.4, 0.5) is 0 Å². The molecule has 2 N–H and O–H groups in total. The van der Waals surface area contributed by atoms with E-state index in [-0.39, 0.29) is 17.4 Å². The van der Waals surface area contributed by atoms with Gasteiger partial charge in [-0.2, -0.15) is 0 Å². The highest BCUT2D eigenvalue weighted by Crippen LogP contribution is 2.46. The van der Waals surface area contributed by atoms with Crippen LogP contribution in [-0.2, 0) is 22.6 Å². The molecular formula is C27H42N2O4. The number of nitrogens with zero attached hydrogens (tertiary/aromatic N) is 2. The highest BCUT2D eigenvalue weighted by molar-refractivity contribution is 5.60. The molecule has 0 radical (unpaired) electrons. The highest BCUT2D eigenvalue weighted by Gasteiger charge is 2.29. The Kier molecular flexibility index (Phi) is 9.80. The fourth-order valence-electron chi connectivity index (χ4n) is 5.02. The summed E-state index contributed by atoms with van der Waals surface area (Å²) >= 11 is 0. The van der Waals surface area contributed by atoms with Crippen LogP contribution in [0, 0.1) is 6.92 Å². The summed E-state index contributed by atoms with van der Waals surface area (Å²) in [5.74, 6) is 0.655. The van der Waals surface area contributed by atoms with Crippen LogP contribution in [0.25, 0.3) is 0 Å². The first-order chi connectivity index (χ1) is 16.0. The first-order valence-electron chi connectivity index (χ1n) is 12.4. The smallest absolute Gasteiger partial charge is 0.127 e. The monoisotopic (exact) mass is 458 g/mol. The molecule has 0 bridgehead atoms. The van der Waals surface area contributed by atoms with Crippen LogP contribution in [0.3, 0.4) is 0 Å². The van der Waals surface area contributed by atoms with Crippen LogP contribution in [0.2, 0.25) is 0 Å². The predicted molar refractivity (Wildman–Crippen MR) is 133 cm³/mol. The number of rotatable bonds is 5. The highest BCUT2D eigenvalue weighted by atomic mass is 16.5. The van der Waals surface area contributed by atoms with Crippen molar-refractivity contribution in [1.82, 2.24) is 9.80 Å². The molecule has 1 unspecified atom stereocenters. The van der Waals surface area contributed by atoms with Gasteiger partial charge in [-0.25, -0.2) is 0 Å².